The molecule has 4 aromatic rings. The van der Waals surface area contributed by atoms with E-state index in [2.05, 4.69) is 29.6 Å². The minimum Gasteiger partial charge on any atom is -0.363 e. The lowest BCUT2D eigenvalue weighted by Gasteiger charge is -2.28. The zero-order valence-corrected chi connectivity index (χ0v) is 20.2. The Morgan fingerprint density at radius 3 is 2.44 bits per heavy atom. The molecule has 172 valence electrons. The van der Waals surface area contributed by atoms with Gasteiger partial charge >= 0.3 is 0 Å². The summed E-state index contributed by atoms with van der Waals surface area (Å²) >= 11 is 1.44. The fourth-order valence-corrected chi connectivity index (χ4v) is 7.22. The number of rotatable bonds is 4. The Morgan fingerprint density at radius 1 is 1.06 bits per heavy atom. The zero-order chi connectivity index (χ0) is 23.7. The highest BCUT2D eigenvalue weighted by Gasteiger charge is 2.42. The molecular formula is C25H21N3O4S2. The molecular weight excluding hydrogens is 470 g/mol. The van der Waals surface area contributed by atoms with Crippen LogP contribution in [0.2, 0.25) is 0 Å². The highest BCUT2D eigenvalue weighted by Crippen LogP contribution is 2.50. The highest BCUT2D eigenvalue weighted by molar-refractivity contribution is 7.89. The Labute approximate surface area is 201 Å². The van der Waals surface area contributed by atoms with Crippen molar-refractivity contribution in [2.75, 3.05) is 18.7 Å². The number of hydrogen-bond acceptors (Lipinski definition) is 6. The van der Waals surface area contributed by atoms with Crippen molar-refractivity contribution in [1.29, 1.82) is 0 Å². The Bertz CT molecular complexity index is 1520. The quantitative estimate of drug-likeness (QED) is 0.384. The van der Waals surface area contributed by atoms with Crippen LogP contribution in [0, 0.1) is 0 Å². The molecule has 1 aliphatic carbocycles. The van der Waals surface area contributed by atoms with Crippen LogP contribution in [0.25, 0.3) is 32.5 Å². The van der Waals surface area contributed by atoms with E-state index in [1.54, 1.807) is 0 Å². The normalized spacial score (nSPS) is 16.6. The lowest BCUT2D eigenvalue weighted by Crippen LogP contribution is -2.44. The maximum atomic E-state index is 13.0. The van der Waals surface area contributed by atoms with E-state index in [9.17, 15) is 13.2 Å². The third-order valence-electron chi connectivity index (χ3n) is 6.30. The predicted octanol–water partition coefficient (Wildman–Crippen LogP) is 4.95. The first-order valence-corrected chi connectivity index (χ1v) is 13.1. The van der Waals surface area contributed by atoms with Gasteiger partial charge in [0.15, 0.2) is 5.13 Å². The first-order chi connectivity index (χ1) is 16.3. The standard InChI is InChI=1S/C25H21N3O4S2/c1-25(2)13-32-14-28(25)34(30,31)17-11-9-16(10-12-17)23(29)27-24-26-21-18-7-3-5-15-6-4-8-19(20(15)18)22(21)33-24/h3-12H,13-14H2,1-2H3,(H,26,27,29). The topological polar surface area (TPSA) is 88.6 Å². The van der Waals surface area contributed by atoms with Gasteiger partial charge in [0.25, 0.3) is 5.91 Å². The zero-order valence-electron chi connectivity index (χ0n) is 18.5. The number of benzene rings is 3. The van der Waals surface area contributed by atoms with Crippen molar-refractivity contribution >= 4 is 43.2 Å². The van der Waals surface area contributed by atoms with Gasteiger partial charge in [-0.05, 0) is 48.9 Å². The number of nitrogens with zero attached hydrogens (tertiary/aromatic N) is 2. The summed E-state index contributed by atoms with van der Waals surface area (Å²) in [5.74, 6) is -0.340. The van der Waals surface area contributed by atoms with E-state index >= 15 is 0 Å². The summed E-state index contributed by atoms with van der Waals surface area (Å²) in [5.41, 5.74) is 2.81. The maximum absolute atomic E-state index is 13.0. The van der Waals surface area contributed by atoms with Gasteiger partial charge in [-0.15, -0.1) is 0 Å². The van der Waals surface area contributed by atoms with Crippen molar-refractivity contribution in [3.8, 4) is 21.7 Å². The number of sulfonamides is 1. The summed E-state index contributed by atoms with van der Waals surface area (Å²) in [4.78, 5) is 18.7. The van der Waals surface area contributed by atoms with Crippen LogP contribution in [0.1, 0.15) is 24.2 Å². The first-order valence-electron chi connectivity index (χ1n) is 10.8. The van der Waals surface area contributed by atoms with Gasteiger partial charge in [0, 0.05) is 16.7 Å². The molecule has 1 amide bonds. The molecule has 0 atom stereocenters. The maximum Gasteiger partial charge on any atom is 0.257 e. The highest BCUT2D eigenvalue weighted by atomic mass is 32.2. The summed E-state index contributed by atoms with van der Waals surface area (Å²) in [6, 6.07) is 18.3. The molecule has 2 aliphatic rings. The van der Waals surface area contributed by atoms with Crippen LogP contribution in [0.3, 0.4) is 0 Å². The summed E-state index contributed by atoms with van der Waals surface area (Å²) < 4.78 is 32.7. The average Bonchev–Trinajstić information content (AvgIpc) is 3.48. The minimum atomic E-state index is -3.73. The van der Waals surface area contributed by atoms with E-state index in [-0.39, 0.29) is 17.5 Å². The molecule has 6 rings (SSSR count). The first kappa shape index (κ1) is 21.4. The molecule has 1 saturated heterocycles. The van der Waals surface area contributed by atoms with Crippen LogP contribution in [-0.4, -0.2) is 42.5 Å². The van der Waals surface area contributed by atoms with Gasteiger partial charge in [0.2, 0.25) is 10.0 Å². The predicted molar refractivity (Wildman–Crippen MR) is 132 cm³/mol. The SMILES string of the molecule is CC1(C)COCN1S(=O)(=O)c1ccc(C(=O)Nc2nc3c(s2)-c2cccc4cccc-3c24)cc1. The Hall–Kier alpha value is -3.11. The van der Waals surface area contributed by atoms with Crippen LogP contribution < -0.4 is 5.32 Å². The third-order valence-corrected chi connectivity index (χ3v) is 9.35. The van der Waals surface area contributed by atoms with Crippen LogP contribution >= 0.6 is 11.3 Å². The number of thiazole rings is 1. The Morgan fingerprint density at radius 2 is 1.76 bits per heavy atom. The van der Waals surface area contributed by atoms with Crippen molar-refractivity contribution in [1.82, 2.24) is 9.29 Å². The third kappa shape index (κ3) is 3.19. The van der Waals surface area contributed by atoms with Gasteiger partial charge in [-0.25, -0.2) is 13.4 Å². The van der Waals surface area contributed by atoms with Gasteiger partial charge in [-0.3, -0.25) is 10.1 Å². The van der Waals surface area contributed by atoms with Crippen LogP contribution in [-0.2, 0) is 14.8 Å². The van der Waals surface area contributed by atoms with Crippen molar-refractivity contribution in [3.63, 3.8) is 0 Å². The van der Waals surface area contributed by atoms with E-state index in [4.69, 9.17) is 9.72 Å². The van der Waals surface area contributed by atoms with Crippen LogP contribution in [0.5, 0.6) is 0 Å². The number of ether oxygens (including phenoxy) is 1. The summed E-state index contributed by atoms with van der Waals surface area (Å²) in [6.07, 6.45) is 0. The molecule has 0 spiro atoms. The minimum absolute atomic E-state index is 0.0170. The second-order valence-electron chi connectivity index (χ2n) is 9.03. The second-order valence-corrected chi connectivity index (χ2v) is 11.9. The number of hydrogen-bond donors (Lipinski definition) is 1. The molecule has 34 heavy (non-hydrogen) atoms. The number of amides is 1. The largest absolute Gasteiger partial charge is 0.363 e. The molecule has 3 aromatic carbocycles. The average molecular weight is 492 g/mol. The molecule has 1 fully saturated rings. The van der Waals surface area contributed by atoms with Crippen LogP contribution in [0.4, 0.5) is 5.13 Å². The van der Waals surface area contributed by atoms with Crippen molar-refractivity contribution < 1.29 is 17.9 Å². The molecule has 1 N–H and O–H groups in total. The monoisotopic (exact) mass is 491 g/mol. The Kier molecular flexibility index (Phi) is 4.69. The molecule has 7 nitrogen and oxygen atoms in total. The number of carbonyl (C=O) groups excluding carboxylic acids is 1. The second kappa shape index (κ2) is 7.44. The number of anilines is 1. The number of aromatic nitrogens is 1. The lowest BCUT2D eigenvalue weighted by molar-refractivity contribution is 0.102. The van der Waals surface area contributed by atoms with Gasteiger partial charge in [-0.2, -0.15) is 4.31 Å². The fraction of sp³-hybridized carbons (Fsp3) is 0.200. The van der Waals surface area contributed by atoms with E-state index in [1.165, 1.54) is 50.7 Å². The van der Waals surface area contributed by atoms with Crippen molar-refractivity contribution in [3.05, 3.63) is 66.2 Å². The molecule has 2 heterocycles. The Balaban J connectivity index is 1.24. The molecule has 0 bridgehead atoms. The van der Waals surface area contributed by atoms with Crippen molar-refractivity contribution in [2.45, 2.75) is 24.3 Å². The number of nitrogens with one attached hydrogen (secondary N) is 1. The van der Waals surface area contributed by atoms with Gasteiger partial charge in [-0.1, -0.05) is 47.7 Å². The fourth-order valence-electron chi connectivity index (χ4n) is 4.56. The van der Waals surface area contributed by atoms with Gasteiger partial charge in [0.1, 0.15) is 6.73 Å². The summed E-state index contributed by atoms with van der Waals surface area (Å²) in [7, 11) is -3.73. The molecule has 9 heteroatoms. The molecule has 0 saturated carbocycles. The smallest absolute Gasteiger partial charge is 0.257 e. The van der Waals surface area contributed by atoms with E-state index < -0.39 is 15.6 Å². The van der Waals surface area contributed by atoms with Gasteiger partial charge in [0.05, 0.1) is 27.6 Å². The number of carbonyl (C=O) groups is 1. The molecule has 0 radical (unpaired) electrons. The van der Waals surface area contributed by atoms with E-state index in [0.717, 1.165) is 21.7 Å². The summed E-state index contributed by atoms with van der Waals surface area (Å²) in [6.45, 7) is 4.00. The summed E-state index contributed by atoms with van der Waals surface area (Å²) in [5, 5.41) is 5.74. The van der Waals surface area contributed by atoms with Gasteiger partial charge < -0.3 is 4.74 Å². The van der Waals surface area contributed by atoms with Crippen LogP contribution in [0.15, 0.2) is 65.6 Å². The van der Waals surface area contributed by atoms with Crippen molar-refractivity contribution in [2.24, 2.45) is 0 Å². The van der Waals surface area contributed by atoms with E-state index in [1.807, 2.05) is 26.0 Å². The molecule has 0 unspecified atom stereocenters. The molecule has 1 aromatic heterocycles. The lowest BCUT2D eigenvalue weighted by atomic mass is 10.0. The van der Waals surface area contributed by atoms with E-state index in [0.29, 0.717) is 17.3 Å². The molecule has 1 aliphatic heterocycles. The number of fused-ring (bicyclic) bond motifs is 3.